The van der Waals surface area contributed by atoms with E-state index >= 15 is 0 Å². The van der Waals surface area contributed by atoms with Crippen molar-refractivity contribution in [2.75, 3.05) is 6.61 Å². The second-order valence-corrected chi connectivity index (χ2v) is 3.93. The zero-order valence-electron chi connectivity index (χ0n) is 9.05. The van der Waals surface area contributed by atoms with Gasteiger partial charge in [0.25, 0.3) is 0 Å². The van der Waals surface area contributed by atoms with E-state index in [4.69, 9.17) is 16.3 Å². The van der Waals surface area contributed by atoms with Crippen LogP contribution in [0.3, 0.4) is 0 Å². The minimum atomic E-state index is -0.306. The molecule has 0 aliphatic rings. The maximum Gasteiger partial charge on any atom is 0.221 e. The van der Waals surface area contributed by atoms with Crippen molar-refractivity contribution in [3.63, 3.8) is 0 Å². The summed E-state index contributed by atoms with van der Waals surface area (Å²) in [6, 6.07) is 5.94. The number of halogens is 1. The molecule has 3 heteroatoms. The molecular formula is C12H15ClO2. The third-order valence-corrected chi connectivity index (χ3v) is 2.52. The van der Waals surface area contributed by atoms with Gasteiger partial charge in [0.15, 0.2) is 0 Å². The number of hydrogen-bond acceptors (Lipinski definition) is 2. The van der Waals surface area contributed by atoms with Crippen LogP contribution in [0.4, 0.5) is 0 Å². The van der Waals surface area contributed by atoms with Gasteiger partial charge >= 0.3 is 0 Å². The van der Waals surface area contributed by atoms with E-state index in [1.807, 2.05) is 32.0 Å². The molecule has 0 fully saturated rings. The van der Waals surface area contributed by atoms with E-state index in [2.05, 4.69) is 0 Å². The number of hydrogen-bond donors (Lipinski definition) is 0. The van der Waals surface area contributed by atoms with Crippen LogP contribution in [-0.2, 0) is 4.79 Å². The van der Waals surface area contributed by atoms with Crippen LogP contribution in [0.25, 0.3) is 0 Å². The Kier molecular flexibility index (Phi) is 4.63. The van der Waals surface area contributed by atoms with Crippen LogP contribution < -0.4 is 4.74 Å². The Bertz CT molecular complexity index is 347. The molecule has 2 nitrogen and oxygen atoms in total. The first-order valence-corrected chi connectivity index (χ1v) is 5.36. The monoisotopic (exact) mass is 226 g/mol. The SMILES string of the molecule is Cc1cccc(OCCCC(=O)Cl)c1C. The fourth-order valence-corrected chi connectivity index (χ4v) is 1.41. The molecule has 0 bridgehead atoms. The molecular weight excluding hydrogens is 212 g/mol. The van der Waals surface area contributed by atoms with Gasteiger partial charge in [-0.15, -0.1) is 0 Å². The topological polar surface area (TPSA) is 26.3 Å². The van der Waals surface area contributed by atoms with Crippen molar-refractivity contribution < 1.29 is 9.53 Å². The van der Waals surface area contributed by atoms with E-state index in [9.17, 15) is 4.79 Å². The summed E-state index contributed by atoms with van der Waals surface area (Å²) in [5, 5.41) is -0.306. The molecule has 0 aromatic heterocycles. The van der Waals surface area contributed by atoms with Gasteiger partial charge in [0.2, 0.25) is 5.24 Å². The Labute approximate surface area is 95.2 Å². The third kappa shape index (κ3) is 3.92. The Morgan fingerprint density at radius 3 is 2.80 bits per heavy atom. The molecule has 0 unspecified atom stereocenters. The molecule has 1 aromatic rings. The van der Waals surface area contributed by atoms with E-state index in [1.54, 1.807) is 0 Å². The third-order valence-electron chi connectivity index (χ3n) is 2.33. The van der Waals surface area contributed by atoms with Gasteiger partial charge in [-0.1, -0.05) is 12.1 Å². The number of carbonyl (C=O) groups excluding carboxylic acids is 1. The first kappa shape index (κ1) is 12.1. The van der Waals surface area contributed by atoms with Crippen LogP contribution in [-0.4, -0.2) is 11.8 Å². The number of carbonyl (C=O) groups is 1. The predicted molar refractivity (Wildman–Crippen MR) is 61.5 cm³/mol. The highest BCUT2D eigenvalue weighted by Gasteiger charge is 2.02. The summed E-state index contributed by atoms with van der Waals surface area (Å²) in [6.45, 7) is 4.60. The van der Waals surface area contributed by atoms with E-state index in [1.165, 1.54) is 5.56 Å². The molecule has 82 valence electrons. The zero-order valence-corrected chi connectivity index (χ0v) is 9.80. The molecule has 0 saturated heterocycles. The lowest BCUT2D eigenvalue weighted by atomic mass is 10.1. The minimum absolute atomic E-state index is 0.306. The zero-order chi connectivity index (χ0) is 11.3. The van der Waals surface area contributed by atoms with Crippen molar-refractivity contribution in [1.82, 2.24) is 0 Å². The summed E-state index contributed by atoms with van der Waals surface area (Å²) in [5.74, 6) is 0.886. The van der Waals surface area contributed by atoms with Gasteiger partial charge in [-0.2, -0.15) is 0 Å². The predicted octanol–water partition coefficient (Wildman–Crippen LogP) is 3.23. The van der Waals surface area contributed by atoms with Crippen LogP contribution in [0, 0.1) is 13.8 Å². The average molecular weight is 227 g/mol. The van der Waals surface area contributed by atoms with Crippen molar-refractivity contribution in [3.8, 4) is 5.75 Å². The summed E-state index contributed by atoms with van der Waals surface area (Å²) in [4.78, 5) is 10.5. The van der Waals surface area contributed by atoms with Gasteiger partial charge in [0.1, 0.15) is 5.75 Å². The lowest BCUT2D eigenvalue weighted by Crippen LogP contribution is -2.01. The fourth-order valence-electron chi connectivity index (χ4n) is 1.27. The van der Waals surface area contributed by atoms with Crippen molar-refractivity contribution in [3.05, 3.63) is 29.3 Å². The molecule has 0 aliphatic carbocycles. The largest absolute Gasteiger partial charge is 0.493 e. The Morgan fingerprint density at radius 2 is 2.13 bits per heavy atom. The quantitative estimate of drug-likeness (QED) is 0.569. The minimum Gasteiger partial charge on any atom is -0.493 e. The number of aryl methyl sites for hydroxylation is 1. The molecule has 0 saturated carbocycles. The highest BCUT2D eigenvalue weighted by molar-refractivity contribution is 6.63. The van der Waals surface area contributed by atoms with Crippen LogP contribution >= 0.6 is 11.6 Å². The summed E-state index contributed by atoms with van der Waals surface area (Å²) >= 11 is 5.22. The number of ether oxygens (including phenoxy) is 1. The highest BCUT2D eigenvalue weighted by Crippen LogP contribution is 2.20. The van der Waals surface area contributed by atoms with Gasteiger partial charge in [0.05, 0.1) is 6.61 Å². The fraction of sp³-hybridized carbons (Fsp3) is 0.417. The second-order valence-electron chi connectivity index (χ2n) is 3.51. The first-order valence-electron chi connectivity index (χ1n) is 4.98. The smallest absolute Gasteiger partial charge is 0.221 e. The lowest BCUT2D eigenvalue weighted by Gasteiger charge is -2.09. The molecule has 1 aromatic carbocycles. The molecule has 1 rings (SSSR count). The van der Waals surface area contributed by atoms with E-state index in [-0.39, 0.29) is 5.24 Å². The van der Waals surface area contributed by atoms with Gasteiger partial charge < -0.3 is 4.74 Å². The maximum atomic E-state index is 10.5. The summed E-state index contributed by atoms with van der Waals surface area (Å²) in [7, 11) is 0. The Balaban J connectivity index is 2.44. The standard InChI is InChI=1S/C12H15ClO2/c1-9-5-3-6-11(10(9)2)15-8-4-7-12(13)14/h3,5-6H,4,7-8H2,1-2H3. The summed E-state index contributed by atoms with van der Waals surface area (Å²) < 4.78 is 5.56. The number of rotatable bonds is 5. The summed E-state index contributed by atoms with van der Waals surface area (Å²) in [6.07, 6.45) is 1.03. The molecule has 0 amide bonds. The van der Waals surface area contributed by atoms with Crippen LogP contribution in [0.5, 0.6) is 5.75 Å². The van der Waals surface area contributed by atoms with Gasteiger partial charge in [-0.25, -0.2) is 0 Å². The van der Waals surface area contributed by atoms with Crippen LogP contribution in [0.1, 0.15) is 24.0 Å². The van der Waals surface area contributed by atoms with E-state index < -0.39 is 0 Å². The molecule has 0 N–H and O–H groups in total. The van der Waals surface area contributed by atoms with Crippen molar-refractivity contribution in [2.45, 2.75) is 26.7 Å². The second kappa shape index (κ2) is 5.76. The van der Waals surface area contributed by atoms with Gasteiger partial charge in [0, 0.05) is 6.42 Å². The Hall–Kier alpha value is -1.02. The van der Waals surface area contributed by atoms with Crippen LogP contribution in [0.2, 0.25) is 0 Å². The van der Waals surface area contributed by atoms with Crippen molar-refractivity contribution >= 4 is 16.8 Å². The van der Waals surface area contributed by atoms with Crippen molar-refractivity contribution in [1.29, 1.82) is 0 Å². The van der Waals surface area contributed by atoms with Gasteiger partial charge in [-0.05, 0) is 49.1 Å². The first-order chi connectivity index (χ1) is 7.11. The maximum absolute atomic E-state index is 10.5. The molecule has 0 spiro atoms. The van der Waals surface area contributed by atoms with Crippen LogP contribution in [0.15, 0.2) is 18.2 Å². The highest BCUT2D eigenvalue weighted by atomic mass is 35.5. The molecule has 15 heavy (non-hydrogen) atoms. The van der Waals surface area contributed by atoms with E-state index in [0.29, 0.717) is 19.4 Å². The molecule has 0 aliphatic heterocycles. The lowest BCUT2D eigenvalue weighted by molar-refractivity contribution is -0.111. The summed E-state index contributed by atoms with van der Waals surface area (Å²) in [5.41, 5.74) is 2.36. The molecule has 0 radical (unpaired) electrons. The Morgan fingerprint density at radius 1 is 1.40 bits per heavy atom. The molecule has 0 heterocycles. The van der Waals surface area contributed by atoms with E-state index in [0.717, 1.165) is 11.3 Å². The van der Waals surface area contributed by atoms with Gasteiger partial charge in [-0.3, -0.25) is 4.79 Å². The van der Waals surface area contributed by atoms with Crippen molar-refractivity contribution in [2.24, 2.45) is 0 Å². The normalized spacial score (nSPS) is 10.1. The number of benzene rings is 1. The molecule has 0 atom stereocenters. The average Bonchev–Trinajstić information content (AvgIpc) is 2.18.